The molecule has 2 aromatic rings. The molecular formula is C15H17N5O5. The second kappa shape index (κ2) is 7.16. The van der Waals surface area contributed by atoms with E-state index in [2.05, 4.69) is 15.3 Å². The van der Waals surface area contributed by atoms with Crippen LogP contribution in [0.15, 0.2) is 29.1 Å². The summed E-state index contributed by atoms with van der Waals surface area (Å²) in [6, 6.07) is 3.47. The molecule has 0 aliphatic carbocycles. The Balaban J connectivity index is 1.80. The molecular weight excluding hydrogens is 330 g/mol. The number of furan rings is 1. The summed E-state index contributed by atoms with van der Waals surface area (Å²) in [4.78, 5) is 31.9. The number of piperidine rings is 1. The van der Waals surface area contributed by atoms with Crippen molar-refractivity contribution in [2.75, 3.05) is 23.3 Å². The van der Waals surface area contributed by atoms with Crippen LogP contribution in [0.1, 0.15) is 18.6 Å². The van der Waals surface area contributed by atoms with Gasteiger partial charge in [0, 0.05) is 13.1 Å². The quantitative estimate of drug-likeness (QED) is 0.593. The van der Waals surface area contributed by atoms with Crippen LogP contribution < -0.4 is 10.2 Å². The summed E-state index contributed by atoms with van der Waals surface area (Å²) in [5.74, 6) is -0.333. The van der Waals surface area contributed by atoms with Gasteiger partial charge in [0.05, 0.1) is 23.6 Å². The van der Waals surface area contributed by atoms with Crippen LogP contribution in [0, 0.1) is 16.0 Å². The van der Waals surface area contributed by atoms with Gasteiger partial charge in [0.1, 0.15) is 12.1 Å². The van der Waals surface area contributed by atoms with E-state index in [1.54, 1.807) is 17.0 Å². The van der Waals surface area contributed by atoms with E-state index in [-0.39, 0.29) is 23.9 Å². The smallest absolute Gasteiger partial charge is 0.353 e. The minimum atomic E-state index is -0.836. The van der Waals surface area contributed by atoms with Gasteiger partial charge < -0.3 is 19.7 Å². The minimum Gasteiger partial charge on any atom is -0.481 e. The zero-order chi connectivity index (χ0) is 17.8. The van der Waals surface area contributed by atoms with Crippen molar-refractivity contribution in [1.29, 1.82) is 0 Å². The van der Waals surface area contributed by atoms with Gasteiger partial charge in [-0.15, -0.1) is 0 Å². The number of aliphatic carboxylic acids is 1. The normalized spacial score (nSPS) is 15.1. The Bertz CT molecular complexity index is 756. The number of carboxylic acids is 1. The Hall–Kier alpha value is -3.17. The SMILES string of the molecule is O=C(O)C1CCN(c2ncnc(NCc3ccco3)c2[N+](=O)[O-])CC1. The fraction of sp³-hybridized carbons (Fsp3) is 0.400. The topological polar surface area (TPSA) is 135 Å². The van der Waals surface area contributed by atoms with Crippen molar-refractivity contribution in [3.05, 3.63) is 40.6 Å². The lowest BCUT2D eigenvalue weighted by Gasteiger charge is -2.30. The van der Waals surface area contributed by atoms with Crippen molar-refractivity contribution in [2.45, 2.75) is 19.4 Å². The van der Waals surface area contributed by atoms with Gasteiger partial charge in [0.15, 0.2) is 0 Å². The predicted octanol–water partition coefficient (Wildman–Crippen LogP) is 1.89. The van der Waals surface area contributed by atoms with E-state index in [0.717, 1.165) is 0 Å². The Morgan fingerprint density at radius 1 is 1.44 bits per heavy atom. The number of carbonyl (C=O) groups is 1. The van der Waals surface area contributed by atoms with E-state index in [1.165, 1.54) is 12.6 Å². The highest BCUT2D eigenvalue weighted by molar-refractivity contribution is 5.72. The van der Waals surface area contributed by atoms with Crippen molar-refractivity contribution >= 4 is 23.3 Å². The minimum absolute atomic E-state index is 0.103. The van der Waals surface area contributed by atoms with E-state index in [4.69, 9.17) is 9.52 Å². The zero-order valence-corrected chi connectivity index (χ0v) is 13.3. The standard InChI is InChI=1S/C15H17N5O5/c21-15(22)10-3-5-19(6-4-10)14-12(20(23)24)13(17-9-18-14)16-8-11-2-1-7-25-11/h1-2,7,9-10H,3-6,8H2,(H,21,22)(H,16,17,18). The van der Waals surface area contributed by atoms with Gasteiger partial charge in [-0.2, -0.15) is 0 Å². The predicted molar refractivity (Wildman–Crippen MR) is 87.3 cm³/mol. The fourth-order valence-corrected chi connectivity index (χ4v) is 2.82. The molecule has 3 heterocycles. The van der Waals surface area contributed by atoms with Crippen LogP contribution in [0.4, 0.5) is 17.3 Å². The van der Waals surface area contributed by atoms with Gasteiger partial charge in [0.25, 0.3) is 0 Å². The highest BCUT2D eigenvalue weighted by Gasteiger charge is 2.31. The number of hydrogen-bond acceptors (Lipinski definition) is 8. The maximum absolute atomic E-state index is 11.6. The van der Waals surface area contributed by atoms with E-state index in [9.17, 15) is 14.9 Å². The largest absolute Gasteiger partial charge is 0.481 e. The lowest BCUT2D eigenvalue weighted by atomic mass is 9.97. The van der Waals surface area contributed by atoms with Crippen LogP contribution >= 0.6 is 0 Å². The first kappa shape index (κ1) is 16.7. The van der Waals surface area contributed by atoms with Crippen molar-refractivity contribution in [3.8, 4) is 0 Å². The summed E-state index contributed by atoms with van der Waals surface area (Å²) in [6.45, 7) is 1.05. The van der Waals surface area contributed by atoms with Crippen LogP contribution in [-0.4, -0.2) is 39.1 Å². The molecule has 0 spiro atoms. The van der Waals surface area contributed by atoms with E-state index < -0.39 is 16.8 Å². The molecule has 1 saturated heterocycles. The molecule has 0 bridgehead atoms. The molecule has 0 radical (unpaired) electrons. The molecule has 132 valence electrons. The summed E-state index contributed by atoms with van der Waals surface area (Å²) < 4.78 is 5.19. The maximum atomic E-state index is 11.6. The van der Waals surface area contributed by atoms with E-state index in [0.29, 0.717) is 31.7 Å². The number of rotatable bonds is 6. The average molecular weight is 347 g/mol. The molecule has 0 saturated carbocycles. The lowest BCUT2D eigenvalue weighted by molar-refractivity contribution is -0.383. The molecule has 25 heavy (non-hydrogen) atoms. The third-order valence-electron chi connectivity index (χ3n) is 4.14. The van der Waals surface area contributed by atoms with Gasteiger partial charge >= 0.3 is 11.7 Å². The van der Waals surface area contributed by atoms with Gasteiger partial charge in [0.2, 0.25) is 11.6 Å². The van der Waals surface area contributed by atoms with Crippen molar-refractivity contribution in [3.63, 3.8) is 0 Å². The first-order chi connectivity index (χ1) is 12.1. The summed E-state index contributed by atoms with van der Waals surface area (Å²) >= 11 is 0. The number of anilines is 2. The van der Waals surface area contributed by atoms with Gasteiger partial charge in [-0.3, -0.25) is 14.9 Å². The number of carboxylic acid groups (broad SMARTS) is 1. The lowest BCUT2D eigenvalue weighted by Crippen LogP contribution is -2.37. The molecule has 1 aliphatic rings. The van der Waals surface area contributed by atoms with Gasteiger partial charge in [-0.25, -0.2) is 9.97 Å². The fourth-order valence-electron chi connectivity index (χ4n) is 2.82. The molecule has 10 heteroatoms. The molecule has 1 aliphatic heterocycles. The molecule has 0 atom stereocenters. The summed E-state index contributed by atoms with van der Waals surface area (Å²) in [5.41, 5.74) is -0.220. The van der Waals surface area contributed by atoms with Crippen LogP contribution in [0.25, 0.3) is 0 Å². The number of aromatic nitrogens is 2. The maximum Gasteiger partial charge on any atom is 0.353 e. The van der Waals surface area contributed by atoms with Crippen molar-refractivity contribution in [2.24, 2.45) is 5.92 Å². The molecule has 3 rings (SSSR count). The first-order valence-corrected chi connectivity index (χ1v) is 7.79. The second-order valence-corrected chi connectivity index (χ2v) is 5.68. The molecule has 1 fully saturated rings. The van der Waals surface area contributed by atoms with Crippen molar-refractivity contribution < 1.29 is 19.2 Å². The average Bonchev–Trinajstić information content (AvgIpc) is 3.13. The molecule has 2 N–H and O–H groups in total. The molecule has 10 nitrogen and oxygen atoms in total. The first-order valence-electron chi connectivity index (χ1n) is 7.79. The van der Waals surface area contributed by atoms with Gasteiger partial charge in [-0.05, 0) is 25.0 Å². The molecule has 0 amide bonds. The highest BCUT2D eigenvalue weighted by atomic mass is 16.6. The summed E-state index contributed by atoms with van der Waals surface area (Å²) in [7, 11) is 0. The number of nitrogens with zero attached hydrogens (tertiary/aromatic N) is 4. The van der Waals surface area contributed by atoms with Crippen LogP contribution in [0.2, 0.25) is 0 Å². The molecule has 2 aromatic heterocycles. The number of hydrogen-bond donors (Lipinski definition) is 2. The summed E-state index contributed by atoms with van der Waals surface area (Å²) in [6.07, 6.45) is 3.62. The van der Waals surface area contributed by atoms with Crippen LogP contribution in [0.5, 0.6) is 0 Å². The third kappa shape index (κ3) is 3.67. The van der Waals surface area contributed by atoms with Crippen LogP contribution in [0.3, 0.4) is 0 Å². The Morgan fingerprint density at radius 3 is 2.80 bits per heavy atom. The number of nitrogens with one attached hydrogen (secondary N) is 1. The monoisotopic (exact) mass is 347 g/mol. The van der Waals surface area contributed by atoms with Gasteiger partial charge in [-0.1, -0.05) is 0 Å². The van der Waals surface area contributed by atoms with Crippen LogP contribution in [-0.2, 0) is 11.3 Å². The molecule has 0 unspecified atom stereocenters. The zero-order valence-electron chi connectivity index (χ0n) is 13.3. The Morgan fingerprint density at radius 2 is 2.20 bits per heavy atom. The second-order valence-electron chi connectivity index (χ2n) is 5.68. The molecule has 0 aromatic carbocycles. The van der Waals surface area contributed by atoms with E-state index >= 15 is 0 Å². The Kier molecular flexibility index (Phi) is 4.78. The highest BCUT2D eigenvalue weighted by Crippen LogP contribution is 2.34. The Labute approximate surface area is 142 Å². The van der Waals surface area contributed by atoms with Crippen molar-refractivity contribution in [1.82, 2.24) is 9.97 Å². The number of nitro groups is 1. The van der Waals surface area contributed by atoms with E-state index in [1.807, 2.05) is 0 Å². The summed E-state index contributed by atoms with van der Waals surface area (Å²) in [5, 5.41) is 23.5. The third-order valence-corrected chi connectivity index (χ3v) is 4.14.